The van der Waals surface area contributed by atoms with Crippen molar-refractivity contribution in [3.05, 3.63) is 40.2 Å². The van der Waals surface area contributed by atoms with Gasteiger partial charge in [0.2, 0.25) is 5.95 Å². The van der Waals surface area contributed by atoms with Crippen molar-refractivity contribution in [1.29, 1.82) is 0 Å². The summed E-state index contributed by atoms with van der Waals surface area (Å²) in [5.74, 6) is 0.469. The van der Waals surface area contributed by atoms with Crippen LogP contribution in [0.5, 0.6) is 0 Å². The number of fused-ring (bicyclic) bond motifs is 1. The molecule has 0 spiro atoms. The maximum Gasteiger partial charge on any atom is 0.221 e. The molecular formula is C12H14N4S. The monoisotopic (exact) mass is 246 g/mol. The minimum atomic E-state index is 0.228. The molecule has 0 saturated carbocycles. The first kappa shape index (κ1) is 10.5. The van der Waals surface area contributed by atoms with Gasteiger partial charge in [0, 0.05) is 0 Å². The predicted octanol–water partition coefficient (Wildman–Crippen LogP) is 2.45. The number of hydrogen-bond acceptors (Lipinski definition) is 3. The second kappa shape index (κ2) is 4.00. The molecule has 1 aromatic heterocycles. The van der Waals surface area contributed by atoms with Crippen molar-refractivity contribution in [2.45, 2.75) is 25.3 Å². The van der Waals surface area contributed by atoms with E-state index in [0.717, 1.165) is 19.3 Å². The number of aromatic amines is 1. The number of nitrogens with two attached hydrogens (primary N) is 1. The van der Waals surface area contributed by atoms with Crippen LogP contribution in [-0.2, 0) is 6.42 Å². The van der Waals surface area contributed by atoms with Crippen LogP contribution in [0.25, 0.3) is 0 Å². The third-order valence-corrected chi connectivity index (χ3v) is 3.67. The van der Waals surface area contributed by atoms with Gasteiger partial charge in [0.05, 0.1) is 6.04 Å². The molecule has 17 heavy (non-hydrogen) atoms. The normalized spacial score (nSPS) is 18.9. The average molecular weight is 246 g/mol. The molecule has 0 saturated heterocycles. The van der Waals surface area contributed by atoms with Gasteiger partial charge in [0.15, 0.2) is 4.77 Å². The first-order valence-corrected chi connectivity index (χ1v) is 6.18. The summed E-state index contributed by atoms with van der Waals surface area (Å²) in [6.07, 6.45) is 3.36. The van der Waals surface area contributed by atoms with Gasteiger partial charge in [-0.2, -0.15) is 0 Å². The second-order valence-electron chi connectivity index (χ2n) is 4.36. The first-order chi connectivity index (χ1) is 8.27. The van der Waals surface area contributed by atoms with Gasteiger partial charge in [-0.3, -0.25) is 4.57 Å². The lowest BCUT2D eigenvalue weighted by Gasteiger charge is -2.26. The zero-order valence-corrected chi connectivity index (χ0v) is 10.2. The highest BCUT2D eigenvalue weighted by Gasteiger charge is 2.23. The standard InChI is InChI=1S/C12H14N4S/c13-11-14-15-12(17)16(11)10-7-3-5-8-4-1-2-6-9(8)10/h1-2,4,6,10H,3,5,7H2,(H2,13,14)(H,15,17). The Hall–Kier alpha value is -1.62. The molecule has 1 aliphatic rings. The number of H-pyrrole nitrogens is 1. The Labute approximate surface area is 104 Å². The minimum Gasteiger partial charge on any atom is -0.368 e. The summed E-state index contributed by atoms with van der Waals surface area (Å²) < 4.78 is 2.53. The van der Waals surface area contributed by atoms with Crippen molar-refractivity contribution >= 4 is 18.2 Å². The summed E-state index contributed by atoms with van der Waals surface area (Å²) in [6, 6.07) is 8.72. The molecule has 0 bridgehead atoms. The number of hydrogen-bond donors (Lipinski definition) is 2. The Balaban J connectivity index is 2.15. The van der Waals surface area contributed by atoms with Crippen LogP contribution >= 0.6 is 12.2 Å². The number of benzene rings is 1. The zero-order valence-electron chi connectivity index (χ0n) is 9.39. The molecule has 0 radical (unpaired) electrons. The maximum absolute atomic E-state index is 5.88. The molecule has 1 unspecified atom stereocenters. The number of nitrogen functional groups attached to an aromatic ring is 1. The van der Waals surface area contributed by atoms with Crippen molar-refractivity contribution in [2.24, 2.45) is 0 Å². The Morgan fingerprint density at radius 1 is 1.41 bits per heavy atom. The SMILES string of the molecule is Nc1n[nH]c(=S)n1C1CCCc2ccccc21. The number of rotatable bonds is 1. The minimum absolute atomic E-state index is 0.228. The summed E-state index contributed by atoms with van der Waals surface area (Å²) in [5.41, 5.74) is 8.60. The Morgan fingerprint density at radius 3 is 3.00 bits per heavy atom. The Kier molecular flexibility index (Phi) is 2.48. The number of aryl methyl sites for hydroxylation is 1. The van der Waals surface area contributed by atoms with Crippen LogP contribution in [0.4, 0.5) is 5.95 Å². The van der Waals surface area contributed by atoms with E-state index < -0.39 is 0 Å². The molecule has 0 fully saturated rings. The average Bonchev–Trinajstić information content (AvgIpc) is 2.69. The molecule has 1 atom stereocenters. The molecular weight excluding hydrogens is 232 g/mol. The largest absolute Gasteiger partial charge is 0.368 e. The number of nitrogens with one attached hydrogen (secondary N) is 1. The molecule has 1 heterocycles. The van der Waals surface area contributed by atoms with E-state index in [1.54, 1.807) is 0 Å². The summed E-state index contributed by atoms with van der Waals surface area (Å²) in [7, 11) is 0. The smallest absolute Gasteiger partial charge is 0.221 e. The highest BCUT2D eigenvalue weighted by molar-refractivity contribution is 7.71. The lowest BCUT2D eigenvalue weighted by atomic mass is 9.87. The van der Waals surface area contributed by atoms with Crippen LogP contribution in [-0.4, -0.2) is 14.8 Å². The molecule has 0 aliphatic heterocycles. The molecule has 4 nitrogen and oxygen atoms in total. The van der Waals surface area contributed by atoms with E-state index in [1.165, 1.54) is 11.1 Å². The van der Waals surface area contributed by atoms with Gasteiger partial charge in [-0.25, -0.2) is 5.10 Å². The fourth-order valence-corrected chi connectivity index (χ4v) is 2.88. The van der Waals surface area contributed by atoms with Crippen LogP contribution in [0.15, 0.2) is 24.3 Å². The van der Waals surface area contributed by atoms with E-state index in [1.807, 2.05) is 4.57 Å². The van der Waals surface area contributed by atoms with E-state index >= 15 is 0 Å². The van der Waals surface area contributed by atoms with Gasteiger partial charge < -0.3 is 5.73 Å². The van der Waals surface area contributed by atoms with Crippen LogP contribution in [0.3, 0.4) is 0 Å². The third kappa shape index (κ3) is 1.67. The van der Waals surface area contributed by atoms with Crippen LogP contribution in [0.2, 0.25) is 0 Å². The summed E-state index contributed by atoms with van der Waals surface area (Å²) in [5, 5.41) is 6.74. The third-order valence-electron chi connectivity index (χ3n) is 3.38. The van der Waals surface area contributed by atoms with E-state index in [2.05, 4.69) is 34.5 Å². The van der Waals surface area contributed by atoms with Crippen molar-refractivity contribution in [1.82, 2.24) is 14.8 Å². The molecule has 0 amide bonds. The summed E-state index contributed by atoms with van der Waals surface area (Å²) in [4.78, 5) is 0. The molecule has 88 valence electrons. The molecule has 3 N–H and O–H groups in total. The maximum atomic E-state index is 5.88. The van der Waals surface area contributed by atoms with Crippen molar-refractivity contribution in [3.8, 4) is 0 Å². The topological polar surface area (TPSA) is 59.6 Å². The molecule has 5 heteroatoms. The fourth-order valence-electron chi connectivity index (χ4n) is 2.61. The molecule has 2 aromatic rings. The fraction of sp³-hybridized carbons (Fsp3) is 0.333. The molecule has 3 rings (SSSR count). The van der Waals surface area contributed by atoms with Gasteiger partial charge in [0.25, 0.3) is 0 Å². The predicted molar refractivity (Wildman–Crippen MR) is 69.3 cm³/mol. The van der Waals surface area contributed by atoms with E-state index in [-0.39, 0.29) is 6.04 Å². The van der Waals surface area contributed by atoms with Gasteiger partial charge in [-0.1, -0.05) is 24.3 Å². The quantitative estimate of drug-likeness (QED) is 0.760. The van der Waals surface area contributed by atoms with Crippen molar-refractivity contribution in [3.63, 3.8) is 0 Å². The number of nitrogens with zero attached hydrogens (tertiary/aromatic N) is 2. The van der Waals surface area contributed by atoms with Gasteiger partial charge >= 0.3 is 0 Å². The van der Waals surface area contributed by atoms with E-state index in [4.69, 9.17) is 18.0 Å². The Bertz CT molecular complexity index is 599. The Morgan fingerprint density at radius 2 is 2.24 bits per heavy atom. The summed E-state index contributed by atoms with van der Waals surface area (Å²) >= 11 is 5.25. The first-order valence-electron chi connectivity index (χ1n) is 5.77. The van der Waals surface area contributed by atoms with Gasteiger partial charge in [-0.05, 0) is 42.6 Å². The van der Waals surface area contributed by atoms with E-state index in [0.29, 0.717) is 10.7 Å². The lowest BCUT2D eigenvalue weighted by molar-refractivity contribution is 0.489. The van der Waals surface area contributed by atoms with Crippen molar-refractivity contribution < 1.29 is 0 Å². The number of aromatic nitrogens is 3. The van der Waals surface area contributed by atoms with Crippen LogP contribution in [0.1, 0.15) is 30.0 Å². The molecule has 1 aromatic carbocycles. The number of anilines is 1. The zero-order chi connectivity index (χ0) is 11.8. The highest BCUT2D eigenvalue weighted by Crippen LogP contribution is 2.33. The van der Waals surface area contributed by atoms with Crippen LogP contribution in [0, 0.1) is 4.77 Å². The van der Waals surface area contributed by atoms with E-state index in [9.17, 15) is 0 Å². The highest BCUT2D eigenvalue weighted by atomic mass is 32.1. The van der Waals surface area contributed by atoms with Gasteiger partial charge in [0.1, 0.15) is 0 Å². The molecule has 1 aliphatic carbocycles. The second-order valence-corrected chi connectivity index (χ2v) is 4.75. The van der Waals surface area contributed by atoms with Gasteiger partial charge in [-0.15, -0.1) is 5.10 Å². The van der Waals surface area contributed by atoms with Crippen LogP contribution < -0.4 is 5.73 Å². The lowest BCUT2D eigenvalue weighted by Crippen LogP contribution is -2.18. The summed E-state index contributed by atoms with van der Waals surface area (Å²) in [6.45, 7) is 0. The van der Waals surface area contributed by atoms with Crippen molar-refractivity contribution in [2.75, 3.05) is 5.73 Å².